The Hall–Kier alpha value is -2.82. The lowest BCUT2D eigenvalue weighted by Crippen LogP contribution is -2.36. The molecule has 2 fully saturated rings. The van der Waals surface area contributed by atoms with Crippen molar-refractivity contribution in [3.8, 4) is 0 Å². The van der Waals surface area contributed by atoms with Crippen LogP contribution in [0.1, 0.15) is 35.2 Å². The van der Waals surface area contributed by atoms with Gasteiger partial charge in [0.25, 0.3) is 11.1 Å². The van der Waals surface area contributed by atoms with Crippen LogP contribution < -0.4 is 0 Å². The van der Waals surface area contributed by atoms with Gasteiger partial charge in [0, 0.05) is 23.5 Å². The van der Waals surface area contributed by atoms with Crippen LogP contribution in [-0.2, 0) is 17.5 Å². The van der Waals surface area contributed by atoms with Crippen molar-refractivity contribution in [1.82, 2.24) is 19.6 Å². The summed E-state index contributed by atoms with van der Waals surface area (Å²) in [6.45, 7) is 4.74. The molecule has 2 amide bonds. The summed E-state index contributed by atoms with van der Waals surface area (Å²) < 4.78 is 42.2. The fourth-order valence-corrected chi connectivity index (χ4v) is 5.81. The van der Waals surface area contributed by atoms with Crippen molar-refractivity contribution in [2.24, 2.45) is 0 Å². The molecule has 2 aliphatic heterocycles. The summed E-state index contributed by atoms with van der Waals surface area (Å²) in [4.78, 5) is 29.2. The highest BCUT2D eigenvalue weighted by atomic mass is 35.5. The van der Waals surface area contributed by atoms with E-state index in [9.17, 15) is 22.8 Å². The molecule has 0 spiro atoms. The van der Waals surface area contributed by atoms with E-state index in [4.69, 9.17) is 11.6 Å². The Morgan fingerprint density at radius 1 is 1.08 bits per heavy atom. The number of thioether (sulfide) groups is 1. The van der Waals surface area contributed by atoms with Crippen molar-refractivity contribution >= 4 is 51.5 Å². The molecule has 194 valence electrons. The van der Waals surface area contributed by atoms with E-state index in [-0.39, 0.29) is 28.3 Å². The molecule has 2 saturated heterocycles. The molecular formula is C26H24ClF3N4O2S. The second kappa shape index (κ2) is 10.2. The lowest BCUT2D eigenvalue weighted by atomic mass is 10.1. The maximum absolute atomic E-state index is 13.6. The number of aryl methyl sites for hydroxylation is 1. The van der Waals surface area contributed by atoms with Gasteiger partial charge < -0.3 is 4.90 Å². The fourth-order valence-electron chi connectivity index (χ4n) is 4.77. The molecule has 2 aliphatic rings. The second-order valence-electron chi connectivity index (χ2n) is 9.20. The molecule has 6 nitrogen and oxygen atoms in total. The van der Waals surface area contributed by atoms with Gasteiger partial charge in [-0.2, -0.15) is 18.3 Å². The minimum absolute atomic E-state index is 0.0164. The average molecular weight is 549 g/mol. The number of aromatic nitrogens is 2. The van der Waals surface area contributed by atoms with Gasteiger partial charge in [0.05, 0.1) is 28.2 Å². The lowest BCUT2D eigenvalue weighted by Gasteiger charge is -2.18. The molecule has 3 heterocycles. The van der Waals surface area contributed by atoms with Crippen LogP contribution in [-0.4, -0.2) is 56.9 Å². The first kappa shape index (κ1) is 25.8. The molecule has 11 heteroatoms. The third kappa shape index (κ3) is 5.42. The number of imide groups is 1. The summed E-state index contributed by atoms with van der Waals surface area (Å²) in [5.41, 5.74) is 1.29. The van der Waals surface area contributed by atoms with Gasteiger partial charge in [0.1, 0.15) is 0 Å². The number of benzene rings is 2. The molecule has 0 atom stereocenters. The highest BCUT2D eigenvalue weighted by Gasteiger charge is 2.35. The van der Waals surface area contributed by atoms with E-state index in [1.54, 1.807) is 25.1 Å². The van der Waals surface area contributed by atoms with Crippen LogP contribution in [0, 0.1) is 6.92 Å². The van der Waals surface area contributed by atoms with E-state index >= 15 is 0 Å². The van der Waals surface area contributed by atoms with Gasteiger partial charge in [-0.3, -0.25) is 19.2 Å². The molecule has 0 unspecified atom stereocenters. The van der Waals surface area contributed by atoms with E-state index in [0.29, 0.717) is 34.8 Å². The first-order valence-corrected chi connectivity index (χ1v) is 13.1. The number of amides is 2. The number of fused-ring (bicyclic) bond motifs is 1. The Morgan fingerprint density at radius 2 is 1.84 bits per heavy atom. The number of hydrogen-bond donors (Lipinski definition) is 0. The highest BCUT2D eigenvalue weighted by Crippen LogP contribution is 2.35. The number of carbonyl (C=O) groups excluding carboxylic acids is 2. The average Bonchev–Trinajstić information content (AvgIpc) is 3.53. The van der Waals surface area contributed by atoms with Crippen LogP contribution in [0.5, 0.6) is 0 Å². The first-order chi connectivity index (χ1) is 17.6. The summed E-state index contributed by atoms with van der Waals surface area (Å²) in [7, 11) is 0. The number of carbonyl (C=O) groups is 2. The topological polar surface area (TPSA) is 58.4 Å². The van der Waals surface area contributed by atoms with Crippen molar-refractivity contribution in [2.45, 2.75) is 32.5 Å². The Bertz CT molecular complexity index is 1410. The standard InChI is InChI=1S/C26H24ClF3N4O2S/c1-16-20-12-17(13-23-24(35)33(25(36)37-23)11-10-32-8-2-3-9-32)4-7-22(20)34(31-16)15-18-5-6-19(27)14-21(18)26(28,29)30/h4-7,12-14H,2-3,8-11,15H2,1H3/b23-13-. The summed E-state index contributed by atoms with van der Waals surface area (Å²) in [6.07, 6.45) is -0.576. The van der Waals surface area contributed by atoms with Crippen LogP contribution >= 0.6 is 23.4 Å². The molecule has 37 heavy (non-hydrogen) atoms. The van der Waals surface area contributed by atoms with E-state index in [0.717, 1.165) is 49.1 Å². The molecular weight excluding hydrogens is 525 g/mol. The molecule has 0 aliphatic carbocycles. The summed E-state index contributed by atoms with van der Waals surface area (Å²) in [5.74, 6) is -0.302. The molecule has 0 saturated carbocycles. The van der Waals surface area contributed by atoms with E-state index in [2.05, 4.69) is 10.00 Å². The largest absolute Gasteiger partial charge is 0.416 e. The highest BCUT2D eigenvalue weighted by molar-refractivity contribution is 8.18. The predicted octanol–water partition coefficient (Wildman–Crippen LogP) is 6.20. The van der Waals surface area contributed by atoms with Gasteiger partial charge in [0.2, 0.25) is 0 Å². The molecule has 0 bridgehead atoms. The zero-order chi connectivity index (χ0) is 26.3. The second-order valence-corrected chi connectivity index (χ2v) is 10.6. The smallest absolute Gasteiger partial charge is 0.302 e. The zero-order valence-corrected chi connectivity index (χ0v) is 21.6. The number of alkyl halides is 3. The van der Waals surface area contributed by atoms with Gasteiger partial charge >= 0.3 is 6.18 Å². The number of likely N-dealkylation sites (tertiary alicyclic amines) is 1. The Balaban J connectivity index is 1.38. The zero-order valence-electron chi connectivity index (χ0n) is 20.0. The van der Waals surface area contributed by atoms with Crippen molar-refractivity contribution in [3.05, 3.63) is 68.7 Å². The maximum Gasteiger partial charge on any atom is 0.416 e. The van der Waals surface area contributed by atoms with Gasteiger partial charge in [-0.25, -0.2) is 0 Å². The summed E-state index contributed by atoms with van der Waals surface area (Å²) in [6, 6.07) is 9.08. The van der Waals surface area contributed by atoms with Crippen molar-refractivity contribution < 1.29 is 22.8 Å². The third-order valence-corrected chi connectivity index (χ3v) is 7.81. The van der Waals surface area contributed by atoms with Gasteiger partial charge in [-0.1, -0.05) is 23.7 Å². The van der Waals surface area contributed by atoms with Crippen LogP contribution in [0.2, 0.25) is 5.02 Å². The number of hydrogen-bond acceptors (Lipinski definition) is 5. The summed E-state index contributed by atoms with van der Waals surface area (Å²) >= 11 is 6.73. The van der Waals surface area contributed by atoms with Gasteiger partial charge in [-0.05, 0) is 86.1 Å². The number of nitrogens with zero attached hydrogens (tertiary/aromatic N) is 4. The number of halogens is 4. The number of rotatable bonds is 6. The molecule has 5 rings (SSSR count). The predicted molar refractivity (Wildman–Crippen MR) is 138 cm³/mol. The third-order valence-electron chi connectivity index (χ3n) is 6.67. The van der Waals surface area contributed by atoms with Crippen molar-refractivity contribution in [2.75, 3.05) is 26.2 Å². The van der Waals surface area contributed by atoms with Gasteiger partial charge in [0.15, 0.2) is 0 Å². The minimum atomic E-state index is -4.54. The first-order valence-electron chi connectivity index (χ1n) is 11.9. The van der Waals surface area contributed by atoms with Crippen LogP contribution in [0.3, 0.4) is 0 Å². The van der Waals surface area contributed by atoms with E-state index < -0.39 is 11.7 Å². The molecule has 0 radical (unpaired) electrons. The lowest BCUT2D eigenvalue weighted by molar-refractivity contribution is -0.138. The molecule has 3 aromatic rings. The summed E-state index contributed by atoms with van der Waals surface area (Å²) in [5, 5.41) is 4.96. The van der Waals surface area contributed by atoms with Crippen molar-refractivity contribution in [3.63, 3.8) is 0 Å². The quantitative estimate of drug-likeness (QED) is 0.343. The normalized spacial score (nSPS) is 18.2. The molecule has 1 aromatic heterocycles. The van der Waals surface area contributed by atoms with Gasteiger partial charge in [-0.15, -0.1) is 0 Å². The Morgan fingerprint density at radius 3 is 2.57 bits per heavy atom. The van der Waals surface area contributed by atoms with Crippen LogP contribution in [0.4, 0.5) is 18.0 Å². The monoisotopic (exact) mass is 548 g/mol. The molecule has 0 N–H and O–H groups in total. The van der Waals surface area contributed by atoms with Crippen molar-refractivity contribution in [1.29, 1.82) is 0 Å². The molecule has 2 aromatic carbocycles. The minimum Gasteiger partial charge on any atom is -0.302 e. The Labute approximate surface area is 221 Å². The maximum atomic E-state index is 13.6. The van der Waals surface area contributed by atoms with E-state index in [1.165, 1.54) is 21.7 Å². The fraction of sp³-hybridized carbons (Fsp3) is 0.346. The van der Waals surface area contributed by atoms with Crippen LogP contribution in [0.15, 0.2) is 41.3 Å². The SMILES string of the molecule is Cc1nn(Cc2ccc(Cl)cc2C(F)(F)F)c2ccc(/C=C3\SC(=O)N(CCN4CCCC4)C3=O)cc12. The Kier molecular flexibility index (Phi) is 7.08. The van der Waals surface area contributed by atoms with Crippen LogP contribution in [0.25, 0.3) is 17.0 Å². The van der Waals surface area contributed by atoms with E-state index in [1.807, 2.05) is 6.07 Å².